The van der Waals surface area contributed by atoms with Crippen molar-refractivity contribution in [2.45, 2.75) is 65.1 Å². The lowest BCUT2D eigenvalue weighted by atomic mass is 9.97. The van der Waals surface area contributed by atoms with E-state index in [1.54, 1.807) is 6.92 Å². The van der Waals surface area contributed by atoms with Crippen molar-refractivity contribution >= 4 is 21.8 Å². The Morgan fingerprint density at radius 1 is 1.38 bits per heavy atom. The van der Waals surface area contributed by atoms with Crippen LogP contribution >= 0.6 is 15.9 Å². The number of alkyl halides is 2. The Kier molecular flexibility index (Phi) is 5.01. The van der Waals surface area contributed by atoms with Crippen LogP contribution in [0.15, 0.2) is 4.47 Å². The average Bonchev–Trinajstić information content (AvgIpc) is 2.67. The van der Waals surface area contributed by atoms with Crippen LogP contribution in [0, 0.1) is 6.92 Å². The minimum atomic E-state index is -2.65. The molecule has 0 bridgehead atoms. The summed E-state index contributed by atoms with van der Waals surface area (Å²) in [6.07, 6.45) is 0.441. The summed E-state index contributed by atoms with van der Waals surface area (Å²) < 4.78 is 27.3. The van der Waals surface area contributed by atoms with Gasteiger partial charge in [-0.3, -0.25) is 9.48 Å². The summed E-state index contributed by atoms with van der Waals surface area (Å²) in [5.41, 5.74) is 0.246. The minimum Gasteiger partial charge on any atom is -0.336 e. The van der Waals surface area contributed by atoms with Gasteiger partial charge in [0.2, 0.25) is 5.91 Å². The molecule has 0 aromatic carbocycles. The lowest BCUT2D eigenvalue weighted by molar-refractivity contribution is -0.138. The molecule has 0 spiro atoms. The predicted molar refractivity (Wildman–Crippen MR) is 79.2 cm³/mol. The largest absolute Gasteiger partial charge is 0.336 e. The van der Waals surface area contributed by atoms with Crippen LogP contribution in [0.25, 0.3) is 0 Å². The molecule has 1 aliphatic heterocycles. The van der Waals surface area contributed by atoms with Crippen molar-refractivity contribution in [3.63, 3.8) is 0 Å². The maximum absolute atomic E-state index is 12.8. The fourth-order valence-electron chi connectivity index (χ4n) is 2.96. The minimum absolute atomic E-state index is 0.00579. The summed E-state index contributed by atoms with van der Waals surface area (Å²) in [6, 6.07) is 0.380. The maximum atomic E-state index is 12.8. The highest BCUT2D eigenvalue weighted by molar-refractivity contribution is 9.10. The molecule has 2 unspecified atom stereocenters. The molecule has 0 aliphatic carbocycles. The lowest BCUT2D eigenvalue weighted by Gasteiger charge is -2.39. The highest BCUT2D eigenvalue weighted by Gasteiger charge is 2.30. The van der Waals surface area contributed by atoms with E-state index in [1.165, 1.54) is 4.68 Å². The molecule has 2 rings (SSSR count). The lowest BCUT2D eigenvalue weighted by Crippen LogP contribution is -2.48. The summed E-state index contributed by atoms with van der Waals surface area (Å²) in [4.78, 5) is 14.4. The van der Waals surface area contributed by atoms with Crippen molar-refractivity contribution < 1.29 is 13.6 Å². The van der Waals surface area contributed by atoms with Crippen LogP contribution in [0.4, 0.5) is 8.78 Å². The number of carbonyl (C=O) groups is 1. The van der Waals surface area contributed by atoms with Crippen molar-refractivity contribution in [3.8, 4) is 0 Å². The molecule has 0 saturated carbocycles. The van der Waals surface area contributed by atoms with Crippen LogP contribution in [0.5, 0.6) is 0 Å². The molecule has 1 fully saturated rings. The van der Waals surface area contributed by atoms with Gasteiger partial charge in [-0.15, -0.1) is 0 Å². The summed E-state index contributed by atoms with van der Waals surface area (Å²) in [6.45, 7) is 5.75. The molecule has 1 amide bonds. The first-order valence-corrected chi connectivity index (χ1v) is 7.94. The monoisotopic (exact) mass is 363 g/mol. The standard InChI is InChI=1S/C14H20BrF2N3O/c1-8-5-4-6-9(2)20(8)11(21)7-19-10(3)12(15)13(18-19)14(16)17/h8-9,14H,4-7H2,1-3H3. The Balaban J connectivity index is 2.18. The van der Waals surface area contributed by atoms with E-state index in [2.05, 4.69) is 21.0 Å². The number of amides is 1. The Morgan fingerprint density at radius 2 is 1.95 bits per heavy atom. The van der Waals surface area contributed by atoms with Gasteiger partial charge in [-0.1, -0.05) is 0 Å². The Morgan fingerprint density at radius 3 is 2.43 bits per heavy atom. The van der Waals surface area contributed by atoms with Crippen LogP contribution in [0.3, 0.4) is 0 Å². The second-order valence-electron chi connectivity index (χ2n) is 5.67. The van der Waals surface area contributed by atoms with Gasteiger partial charge in [0, 0.05) is 12.1 Å². The van der Waals surface area contributed by atoms with Gasteiger partial charge in [0.05, 0.1) is 10.2 Å². The molecule has 2 atom stereocenters. The number of halogens is 3. The molecule has 7 heteroatoms. The molecule has 4 nitrogen and oxygen atoms in total. The Labute approximate surface area is 131 Å². The van der Waals surface area contributed by atoms with Gasteiger partial charge in [-0.05, 0) is 56.0 Å². The third kappa shape index (κ3) is 3.27. The van der Waals surface area contributed by atoms with E-state index < -0.39 is 6.43 Å². The third-order valence-electron chi connectivity index (χ3n) is 4.13. The van der Waals surface area contributed by atoms with Crippen LogP contribution < -0.4 is 0 Å². The van der Waals surface area contributed by atoms with Gasteiger partial charge in [0.15, 0.2) is 0 Å². The van der Waals surface area contributed by atoms with Crippen LogP contribution in [-0.2, 0) is 11.3 Å². The molecule has 1 aliphatic rings. The second kappa shape index (κ2) is 6.42. The molecule has 1 aromatic heterocycles. The SMILES string of the molecule is Cc1c(Br)c(C(F)F)nn1CC(=O)N1C(C)CCCC1C. The normalized spacial score (nSPS) is 22.9. The highest BCUT2D eigenvalue weighted by atomic mass is 79.9. The number of rotatable bonds is 3. The van der Waals surface area contributed by atoms with E-state index in [1.807, 2.05) is 18.7 Å². The third-order valence-corrected chi connectivity index (χ3v) is 5.11. The number of carbonyl (C=O) groups excluding carboxylic acids is 1. The number of hydrogen-bond acceptors (Lipinski definition) is 2. The summed E-state index contributed by atoms with van der Waals surface area (Å²) in [5, 5.41) is 3.87. The molecule has 1 aromatic rings. The molecule has 118 valence electrons. The molecule has 1 saturated heterocycles. The molecule has 21 heavy (non-hydrogen) atoms. The molecule has 2 heterocycles. The Hall–Kier alpha value is -0.980. The van der Waals surface area contributed by atoms with Crippen molar-refractivity contribution in [1.82, 2.24) is 14.7 Å². The van der Waals surface area contributed by atoms with E-state index in [0.717, 1.165) is 19.3 Å². The molecule has 0 radical (unpaired) electrons. The zero-order valence-electron chi connectivity index (χ0n) is 12.4. The zero-order chi connectivity index (χ0) is 15.7. The zero-order valence-corrected chi connectivity index (χ0v) is 14.0. The van der Waals surface area contributed by atoms with E-state index in [-0.39, 0.29) is 34.7 Å². The van der Waals surface area contributed by atoms with Crippen molar-refractivity contribution in [3.05, 3.63) is 15.9 Å². The summed E-state index contributed by atoms with van der Waals surface area (Å²) in [5.74, 6) is -0.0615. The van der Waals surface area contributed by atoms with Gasteiger partial charge in [-0.25, -0.2) is 8.78 Å². The average molecular weight is 364 g/mol. The van der Waals surface area contributed by atoms with E-state index in [0.29, 0.717) is 5.69 Å². The topological polar surface area (TPSA) is 38.1 Å². The van der Waals surface area contributed by atoms with Gasteiger partial charge in [0.1, 0.15) is 12.2 Å². The van der Waals surface area contributed by atoms with Crippen LogP contribution in [0.1, 0.15) is 50.9 Å². The molecular weight excluding hydrogens is 344 g/mol. The highest BCUT2D eigenvalue weighted by Crippen LogP contribution is 2.29. The maximum Gasteiger partial charge on any atom is 0.283 e. The van der Waals surface area contributed by atoms with Gasteiger partial charge in [0.25, 0.3) is 6.43 Å². The quantitative estimate of drug-likeness (QED) is 0.821. The molecule has 0 N–H and O–H groups in total. The molecular formula is C14H20BrF2N3O. The van der Waals surface area contributed by atoms with Crippen LogP contribution in [-0.4, -0.2) is 32.7 Å². The predicted octanol–water partition coefficient (Wildman–Crippen LogP) is 3.68. The van der Waals surface area contributed by atoms with Gasteiger partial charge >= 0.3 is 0 Å². The second-order valence-corrected chi connectivity index (χ2v) is 6.47. The Bertz CT molecular complexity index is 523. The first-order chi connectivity index (χ1) is 9.82. The number of piperidine rings is 1. The van der Waals surface area contributed by atoms with E-state index >= 15 is 0 Å². The van der Waals surface area contributed by atoms with Crippen molar-refractivity contribution in [1.29, 1.82) is 0 Å². The fourth-order valence-corrected chi connectivity index (χ4v) is 3.42. The summed E-state index contributed by atoms with van der Waals surface area (Å²) in [7, 11) is 0. The van der Waals surface area contributed by atoms with Crippen molar-refractivity contribution in [2.75, 3.05) is 0 Å². The van der Waals surface area contributed by atoms with Crippen molar-refractivity contribution in [2.24, 2.45) is 0 Å². The number of aromatic nitrogens is 2. The summed E-state index contributed by atoms with van der Waals surface area (Å²) >= 11 is 3.12. The first-order valence-electron chi connectivity index (χ1n) is 7.15. The van der Waals surface area contributed by atoms with E-state index in [4.69, 9.17) is 0 Å². The number of hydrogen-bond donors (Lipinski definition) is 0. The van der Waals surface area contributed by atoms with Crippen LogP contribution in [0.2, 0.25) is 0 Å². The first kappa shape index (κ1) is 16.4. The smallest absolute Gasteiger partial charge is 0.283 e. The van der Waals surface area contributed by atoms with Gasteiger partial charge < -0.3 is 4.90 Å². The fraction of sp³-hybridized carbons (Fsp3) is 0.714. The van der Waals surface area contributed by atoms with Gasteiger partial charge in [-0.2, -0.15) is 5.10 Å². The number of likely N-dealkylation sites (tertiary alicyclic amines) is 1. The number of nitrogens with zero attached hydrogens (tertiary/aromatic N) is 3. The van der Waals surface area contributed by atoms with E-state index in [9.17, 15) is 13.6 Å².